The molecule has 3 heterocycles. The van der Waals surface area contributed by atoms with Gasteiger partial charge in [-0.1, -0.05) is 13.0 Å². The second kappa shape index (κ2) is 7.35. The number of likely N-dealkylation sites (tertiary alicyclic amines) is 1. The molecule has 0 radical (unpaired) electrons. The fraction of sp³-hybridized carbons (Fsp3) is 0.438. The first-order chi connectivity index (χ1) is 11.5. The van der Waals surface area contributed by atoms with E-state index in [2.05, 4.69) is 4.72 Å². The number of sulfonamides is 1. The number of carbonyl (C=O) groups is 1. The first-order valence-corrected chi connectivity index (χ1v) is 11.2. The zero-order chi connectivity index (χ0) is 17.2. The molecule has 0 aliphatic carbocycles. The number of hydrogen-bond acceptors (Lipinski definition) is 5. The van der Waals surface area contributed by atoms with E-state index in [0.717, 1.165) is 16.9 Å². The Labute approximate surface area is 150 Å². The lowest BCUT2D eigenvalue weighted by atomic mass is 10.1. The Morgan fingerprint density at radius 1 is 1.25 bits per heavy atom. The van der Waals surface area contributed by atoms with Gasteiger partial charge in [-0.2, -0.15) is 0 Å². The smallest absolute Gasteiger partial charge is 0.264 e. The van der Waals surface area contributed by atoms with E-state index in [0.29, 0.717) is 30.1 Å². The quantitative estimate of drug-likeness (QED) is 0.862. The highest BCUT2D eigenvalue weighted by molar-refractivity contribution is 7.91. The van der Waals surface area contributed by atoms with Crippen molar-refractivity contribution < 1.29 is 13.2 Å². The molecule has 1 saturated heterocycles. The highest BCUT2D eigenvalue weighted by atomic mass is 32.2. The van der Waals surface area contributed by atoms with E-state index in [1.54, 1.807) is 17.5 Å². The number of piperidine rings is 1. The molecule has 1 aliphatic heterocycles. The van der Waals surface area contributed by atoms with Crippen LogP contribution in [0.25, 0.3) is 0 Å². The standard InChI is InChI=1S/C16H20N2O3S3/c1-2-12-7-11-23-15(12)16(19)18-8-5-13(6-9-18)17-24(20,21)14-4-3-10-22-14/h3-4,7,10-11,13,17H,2,5-6,8-9H2,1H3. The number of hydrogen-bond donors (Lipinski definition) is 1. The van der Waals surface area contributed by atoms with Crippen molar-refractivity contribution in [1.82, 2.24) is 9.62 Å². The molecule has 2 aromatic heterocycles. The van der Waals surface area contributed by atoms with Gasteiger partial charge in [0.15, 0.2) is 0 Å². The van der Waals surface area contributed by atoms with E-state index in [1.165, 1.54) is 22.7 Å². The number of nitrogens with one attached hydrogen (secondary N) is 1. The van der Waals surface area contributed by atoms with Crippen molar-refractivity contribution in [3.05, 3.63) is 39.4 Å². The average Bonchev–Trinajstić information content (AvgIpc) is 3.26. The molecule has 1 amide bonds. The molecule has 3 rings (SSSR count). The monoisotopic (exact) mass is 384 g/mol. The molecular formula is C16H20N2O3S3. The third-order valence-electron chi connectivity index (χ3n) is 4.19. The van der Waals surface area contributed by atoms with Crippen LogP contribution < -0.4 is 4.72 Å². The molecule has 5 nitrogen and oxygen atoms in total. The molecule has 1 N–H and O–H groups in total. The molecule has 0 bridgehead atoms. The topological polar surface area (TPSA) is 66.5 Å². The van der Waals surface area contributed by atoms with E-state index in [-0.39, 0.29) is 11.9 Å². The number of nitrogens with zero attached hydrogens (tertiary/aromatic N) is 1. The molecule has 1 fully saturated rings. The molecule has 0 unspecified atom stereocenters. The fourth-order valence-electron chi connectivity index (χ4n) is 2.84. The third-order valence-corrected chi connectivity index (χ3v) is 8.05. The van der Waals surface area contributed by atoms with Crippen LogP contribution in [-0.2, 0) is 16.4 Å². The van der Waals surface area contributed by atoms with Crippen LogP contribution in [0.15, 0.2) is 33.2 Å². The van der Waals surface area contributed by atoms with Gasteiger partial charge in [0.25, 0.3) is 5.91 Å². The normalized spacial score (nSPS) is 16.5. The minimum atomic E-state index is -3.44. The van der Waals surface area contributed by atoms with Gasteiger partial charge in [0, 0.05) is 19.1 Å². The SMILES string of the molecule is CCc1ccsc1C(=O)N1CCC(NS(=O)(=O)c2cccs2)CC1. The molecule has 24 heavy (non-hydrogen) atoms. The summed E-state index contributed by atoms with van der Waals surface area (Å²) >= 11 is 2.70. The van der Waals surface area contributed by atoms with E-state index in [9.17, 15) is 13.2 Å². The first-order valence-electron chi connectivity index (χ1n) is 7.92. The minimum absolute atomic E-state index is 0.0708. The molecule has 0 atom stereocenters. The number of rotatable bonds is 5. The van der Waals surface area contributed by atoms with Crippen LogP contribution in [0, 0.1) is 0 Å². The summed E-state index contributed by atoms with van der Waals surface area (Å²) in [7, 11) is -3.44. The van der Waals surface area contributed by atoms with Crippen molar-refractivity contribution in [2.45, 2.75) is 36.4 Å². The zero-order valence-electron chi connectivity index (χ0n) is 13.4. The van der Waals surface area contributed by atoms with Crippen LogP contribution in [0.5, 0.6) is 0 Å². The Hall–Kier alpha value is -1.22. The fourth-order valence-corrected chi connectivity index (χ4v) is 6.12. The van der Waals surface area contributed by atoms with Crippen molar-refractivity contribution in [1.29, 1.82) is 0 Å². The summed E-state index contributed by atoms with van der Waals surface area (Å²) in [5, 5.41) is 3.70. The summed E-state index contributed by atoms with van der Waals surface area (Å²) in [6.07, 6.45) is 2.13. The van der Waals surface area contributed by atoms with Crippen molar-refractivity contribution >= 4 is 38.6 Å². The predicted octanol–water partition coefficient (Wildman–Crippen LogP) is 2.96. The summed E-state index contributed by atoms with van der Waals surface area (Å²) in [5.41, 5.74) is 1.09. The second-order valence-corrected chi connectivity index (χ2v) is 9.55. The van der Waals surface area contributed by atoms with E-state index in [4.69, 9.17) is 0 Å². The highest BCUT2D eigenvalue weighted by Crippen LogP contribution is 2.23. The van der Waals surface area contributed by atoms with Gasteiger partial charge >= 0.3 is 0 Å². The van der Waals surface area contributed by atoms with Gasteiger partial charge in [0.05, 0.1) is 4.88 Å². The number of carbonyl (C=O) groups excluding carboxylic acids is 1. The highest BCUT2D eigenvalue weighted by Gasteiger charge is 2.28. The summed E-state index contributed by atoms with van der Waals surface area (Å²) in [6, 6.07) is 5.22. The Bertz CT molecular complexity index is 788. The second-order valence-electron chi connectivity index (χ2n) is 5.75. The zero-order valence-corrected chi connectivity index (χ0v) is 15.8. The number of thiophene rings is 2. The molecule has 130 valence electrons. The molecule has 0 spiro atoms. The van der Waals surface area contributed by atoms with Gasteiger partial charge in [0.2, 0.25) is 10.0 Å². The number of amides is 1. The summed E-state index contributed by atoms with van der Waals surface area (Å²) in [6.45, 7) is 3.21. The van der Waals surface area contributed by atoms with Crippen molar-refractivity contribution in [3.8, 4) is 0 Å². The largest absolute Gasteiger partial charge is 0.338 e. The van der Waals surface area contributed by atoms with E-state index >= 15 is 0 Å². The molecule has 2 aromatic rings. The Morgan fingerprint density at radius 2 is 2.00 bits per heavy atom. The molecule has 8 heteroatoms. The number of aryl methyl sites for hydroxylation is 1. The lowest BCUT2D eigenvalue weighted by Crippen LogP contribution is -2.46. The van der Waals surface area contributed by atoms with Crippen LogP contribution in [0.3, 0.4) is 0 Å². The lowest BCUT2D eigenvalue weighted by molar-refractivity contribution is 0.0715. The maximum absolute atomic E-state index is 12.6. The van der Waals surface area contributed by atoms with Crippen LogP contribution in [-0.4, -0.2) is 38.4 Å². The van der Waals surface area contributed by atoms with Crippen LogP contribution in [0.4, 0.5) is 0 Å². The summed E-state index contributed by atoms with van der Waals surface area (Å²) in [5.74, 6) is 0.0708. The van der Waals surface area contributed by atoms with Gasteiger partial charge < -0.3 is 4.90 Å². The first kappa shape index (κ1) is 17.6. The van der Waals surface area contributed by atoms with Gasteiger partial charge in [-0.3, -0.25) is 4.79 Å². The van der Waals surface area contributed by atoms with Crippen LogP contribution in [0.1, 0.15) is 35.0 Å². The molecule has 1 aliphatic rings. The van der Waals surface area contributed by atoms with Crippen molar-refractivity contribution in [2.24, 2.45) is 0 Å². The lowest BCUT2D eigenvalue weighted by Gasteiger charge is -2.32. The summed E-state index contributed by atoms with van der Waals surface area (Å²) < 4.78 is 27.6. The Morgan fingerprint density at radius 3 is 2.62 bits per heavy atom. The third kappa shape index (κ3) is 3.72. The minimum Gasteiger partial charge on any atom is -0.338 e. The molecule has 0 aromatic carbocycles. The molecular weight excluding hydrogens is 364 g/mol. The van der Waals surface area contributed by atoms with E-state index in [1.807, 2.05) is 23.3 Å². The predicted molar refractivity (Wildman–Crippen MR) is 97.3 cm³/mol. The van der Waals surface area contributed by atoms with Crippen LogP contribution >= 0.6 is 22.7 Å². The van der Waals surface area contributed by atoms with Crippen LogP contribution in [0.2, 0.25) is 0 Å². The van der Waals surface area contributed by atoms with Crippen molar-refractivity contribution in [3.63, 3.8) is 0 Å². The van der Waals surface area contributed by atoms with Gasteiger partial charge in [0.1, 0.15) is 4.21 Å². The Kier molecular flexibility index (Phi) is 5.39. The average molecular weight is 385 g/mol. The van der Waals surface area contributed by atoms with E-state index < -0.39 is 10.0 Å². The Balaban J connectivity index is 1.59. The maximum Gasteiger partial charge on any atom is 0.264 e. The van der Waals surface area contributed by atoms with Gasteiger partial charge in [-0.15, -0.1) is 22.7 Å². The van der Waals surface area contributed by atoms with Gasteiger partial charge in [-0.05, 0) is 47.7 Å². The van der Waals surface area contributed by atoms with Gasteiger partial charge in [-0.25, -0.2) is 13.1 Å². The maximum atomic E-state index is 12.6. The summed E-state index contributed by atoms with van der Waals surface area (Å²) in [4.78, 5) is 15.3. The van der Waals surface area contributed by atoms with Crippen molar-refractivity contribution in [2.75, 3.05) is 13.1 Å². The molecule has 0 saturated carbocycles.